The van der Waals surface area contributed by atoms with Crippen molar-refractivity contribution in [1.82, 2.24) is 5.06 Å². The number of hydrogen-bond donors (Lipinski definition) is 1. The number of benzene rings is 1. The Bertz CT molecular complexity index is 458. The molecule has 0 saturated heterocycles. The summed E-state index contributed by atoms with van der Waals surface area (Å²) in [4.78, 5) is 18.7. The van der Waals surface area contributed by atoms with Gasteiger partial charge in [0.05, 0.1) is 12.6 Å². The summed E-state index contributed by atoms with van der Waals surface area (Å²) in [6.07, 6.45) is 10.7. The molecule has 134 valence electrons. The number of nitrogens with zero attached hydrogens (tertiary/aromatic N) is 1. The van der Waals surface area contributed by atoms with Gasteiger partial charge in [-0.15, -0.1) is 0 Å². The summed E-state index contributed by atoms with van der Waals surface area (Å²) in [5, 5.41) is 1.62. The van der Waals surface area contributed by atoms with E-state index in [0.29, 0.717) is 13.0 Å². The molecule has 1 aliphatic rings. The van der Waals surface area contributed by atoms with Crippen LogP contribution in [-0.2, 0) is 16.2 Å². The van der Waals surface area contributed by atoms with E-state index in [2.05, 4.69) is 0 Å². The lowest BCUT2D eigenvalue weighted by Crippen LogP contribution is -2.35. The molecule has 1 aromatic carbocycles. The van der Waals surface area contributed by atoms with Gasteiger partial charge in [0.15, 0.2) is 0 Å². The number of hydroxylamine groups is 2. The second-order valence-corrected chi connectivity index (χ2v) is 6.73. The van der Waals surface area contributed by atoms with Crippen LogP contribution in [0.3, 0.4) is 0 Å². The summed E-state index contributed by atoms with van der Waals surface area (Å²) in [5.41, 5.74) is 6.63. The van der Waals surface area contributed by atoms with E-state index in [0.717, 1.165) is 50.6 Å². The van der Waals surface area contributed by atoms with Crippen LogP contribution in [0.1, 0.15) is 69.8 Å². The van der Waals surface area contributed by atoms with Gasteiger partial charge in [-0.05, 0) is 37.8 Å². The van der Waals surface area contributed by atoms with Gasteiger partial charge in [-0.1, -0.05) is 62.4 Å². The normalized spacial score (nSPS) is 15.4. The zero-order valence-corrected chi connectivity index (χ0v) is 14.8. The van der Waals surface area contributed by atoms with Crippen molar-refractivity contribution >= 4 is 5.91 Å². The fourth-order valence-corrected chi connectivity index (χ4v) is 3.18. The maximum atomic E-state index is 12.6. The summed E-state index contributed by atoms with van der Waals surface area (Å²) in [7, 11) is 0. The molecule has 4 heteroatoms. The number of rotatable bonds is 10. The fraction of sp³-hybridized carbons (Fsp3) is 0.650. The third-order valence-electron chi connectivity index (χ3n) is 4.62. The van der Waals surface area contributed by atoms with Gasteiger partial charge in [0.1, 0.15) is 0 Å². The van der Waals surface area contributed by atoms with E-state index in [1.165, 1.54) is 19.3 Å². The second kappa shape index (κ2) is 11.2. The molecule has 0 heterocycles. The fourth-order valence-electron chi connectivity index (χ4n) is 3.18. The lowest BCUT2D eigenvalue weighted by molar-refractivity contribution is -0.215. The first-order valence-electron chi connectivity index (χ1n) is 9.50. The molecule has 0 radical (unpaired) electrons. The van der Waals surface area contributed by atoms with Crippen LogP contribution in [0.4, 0.5) is 0 Å². The van der Waals surface area contributed by atoms with Crippen molar-refractivity contribution in [2.75, 3.05) is 6.54 Å². The maximum absolute atomic E-state index is 12.6. The van der Waals surface area contributed by atoms with Gasteiger partial charge in [-0.25, -0.2) is 5.06 Å². The lowest BCUT2D eigenvalue weighted by atomic mass is 9.98. The maximum Gasteiger partial charge on any atom is 0.246 e. The molecule has 2 rings (SSSR count). The molecule has 1 aliphatic carbocycles. The van der Waals surface area contributed by atoms with Crippen LogP contribution in [-0.4, -0.2) is 23.6 Å². The summed E-state index contributed by atoms with van der Waals surface area (Å²) < 4.78 is 0. The lowest BCUT2D eigenvalue weighted by Gasteiger charge is -2.29. The van der Waals surface area contributed by atoms with Gasteiger partial charge < -0.3 is 5.73 Å². The Morgan fingerprint density at radius 3 is 2.46 bits per heavy atom. The highest BCUT2D eigenvalue weighted by molar-refractivity contribution is 5.75. The molecule has 0 unspecified atom stereocenters. The molecular weight excluding hydrogens is 300 g/mol. The molecule has 0 aliphatic heterocycles. The third kappa shape index (κ3) is 7.02. The van der Waals surface area contributed by atoms with Gasteiger partial charge in [0.2, 0.25) is 5.91 Å². The van der Waals surface area contributed by atoms with Crippen molar-refractivity contribution < 1.29 is 9.63 Å². The average molecular weight is 332 g/mol. The van der Waals surface area contributed by atoms with Crippen LogP contribution in [0.15, 0.2) is 30.3 Å². The minimum atomic E-state index is 0.108. The molecule has 0 aromatic heterocycles. The Labute approximate surface area is 146 Å². The Morgan fingerprint density at radius 1 is 1.04 bits per heavy atom. The van der Waals surface area contributed by atoms with E-state index in [1.54, 1.807) is 5.06 Å². The quantitative estimate of drug-likeness (QED) is 0.516. The molecular formula is C20H32N2O2. The van der Waals surface area contributed by atoms with Crippen LogP contribution in [0.25, 0.3) is 0 Å². The summed E-state index contributed by atoms with van der Waals surface area (Å²) in [5.74, 6) is 0.108. The SMILES string of the molecule is NCCCCCCC(=O)N(Cc1ccccc1)OC1CCCCC1. The first-order chi connectivity index (χ1) is 11.8. The Morgan fingerprint density at radius 2 is 1.75 bits per heavy atom. The number of carbonyl (C=O) groups excluding carboxylic acids is 1. The minimum absolute atomic E-state index is 0.108. The first-order valence-corrected chi connectivity index (χ1v) is 9.50. The summed E-state index contributed by atoms with van der Waals surface area (Å²) >= 11 is 0. The minimum Gasteiger partial charge on any atom is -0.330 e. The van der Waals surface area contributed by atoms with Gasteiger partial charge in [0, 0.05) is 6.42 Å². The summed E-state index contributed by atoms with van der Waals surface area (Å²) in [6, 6.07) is 10.1. The Hall–Kier alpha value is -1.39. The average Bonchev–Trinajstić information content (AvgIpc) is 2.62. The van der Waals surface area contributed by atoms with Crippen molar-refractivity contribution in [2.45, 2.75) is 76.9 Å². The van der Waals surface area contributed by atoms with Crippen molar-refractivity contribution in [2.24, 2.45) is 5.73 Å². The highest BCUT2D eigenvalue weighted by Crippen LogP contribution is 2.22. The first kappa shape index (κ1) is 18.9. The standard InChI is InChI=1S/C20H32N2O2/c21-16-10-2-1-9-15-20(23)22(17-18-11-5-3-6-12-18)24-19-13-7-4-8-14-19/h3,5-6,11-12,19H,1-2,4,7-10,13-17,21H2. The molecule has 0 bridgehead atoms. The number of nitrogens with two attached hydrogens (primary N) is 1. The molecule has 24 heavy (non-hydrogen) atoms. The van der Waals surface area contributed by atoms with E-state index < -0.39 is 0 Å². The molecule has 0 atom stereocenters. The molecule has 1 aromatic rings. The highest BCUT2D eigenvalue weighted by atomic mass is 16.7. The molecule has 0 spiro atoms. The van der Waals surface area contributed by atoms with Crippen molar-refractivity contribution in [1.29, 1.82) is 0 Å². The predicted octanol–water partition coefficient (Wildman–Crippen LogP) is 4.19. The second-order valence-electron chi connectivity index (χ2n) is 6.73. The smallest absolute Gasteiger partial charge is 0.246 e. The van der Waals surface area contributed by atoms with Gasteiger partial charge in [0.25, 0.3) is 0 Å². The van der Waals surface area contributed by atoms with Crippen LogP contribution >= 0.6 is 0 Å². The van der Waals surface area contributed by atoms with E-state index in [4.69, 9.17) is 10.6 Å². The van der Waals surface area contributed by atoms with Crippen molar-refractivity contribution in [3.05, 3.63) is 35.9 Å². The zero-order valence-electron chi connectivity index (χ0n) is 14.8. The largest absolute Gasteiger partial charge is 0.330 e. The van der Waals surface area contributed by atoms with Crippen LogP contribution < -0.4 is 5.73 Å². The number of amides is 1. The molecule has 4 nitrogen and oxygen atoms in total. The van der Waals surface area contributed by atoms with Crippen molar-refractivity contribution in [3.63, 3.8) is 0 Å². The monoisotopic (exact) mass is 332 g/mol. The molecule has 2 N–H and O–H groups in total. The van der Waals surface area contributed by atoms with Gasteiger partial charge >= 0.3 is 0 Å². The molecule has 1 amide bonds. The van der Waals surface area contributed by atoms with Crippen molar-refractivity contribution in [3.8, 4) is 0 Å². The van der Waals surface area contributed by atoms with E-state index >= 15 is 0 Å². The number of unbranched alkanes of at least 4 members (excludes halogenated alkanes) is 3. The van der Waals surface area contributed by atoms with Gasteiger partial charge in [-0.2, -0.15) is 0 Å². The Kier molecular flexibility index (Phi) is 8.85. The Balaban J connectivity index is 1.86. The highest BCUT2D eigenvalue weighted by Gasteiger charge is 2.22. The van der Waals surface area contributed by atoms with Crippen LogP contribution in [0.5, 0.6) is 0 Å². The third-order valence-corrected chi connectivity index (χ3v) is 4.62. The molecule has 1 saturated carbocycles. The van der Waals surface area contributed by atoms with Crippen LogP contribution in [0, 0.1) is 0 Å². The topological polar surface area (TPSA) is 55.6 Å². The van der Waals surface area contributed by atoms with E-state index in [9.17, 15) is 4.79 Å². The van der Waals surface area contributed by atoms with E-state index in [-0.39, 0.29) is 12.0 Å². The van der Waals surface area contributed by atoms with E-state index in [1.807, 2.05) is 30.3 Å². The number of hydrogen-bond acceptors (Lipinski definition) is 3. The number of carbonyl (C=O) groups is 1. The summed E-state index contributed by atoms with van der Waals surface area (Å²) in [6.45, 7) is 1.28. The van der Waals surface area contributed by atoms with Crippen LogP contribution in [0.2, 0.25) is 0 Å². The van der Waals surface area contributed by atoms with Gasteiger partial charge in [-0.3, -0.25) is 9.63 Å². The molecule has 1 fully saturated rings. The zero-order chi connectivity index (χ0) is 17.0. The predicted molar refractivity (Wildman–Crippen MR) is 97.1 cm³/mol.